The number of nitrogens with one attached hydrogen (secondary N) is 1. The van der Waals surface area contributed by atoms with Crippen LogP contribution in [0.3, 0.4) is 0 Å². The molecule has 0 aromatic carbocycles. The van der Waals surface area contributed by atoms with Gasteiger partial charge in [0.1, 0.15) is 5.82 Å². The molecule has 0 bridgehead atoms. The van der Waals surface area contributed by atoms with Crippen LogP contribution in [0.4, 0.5) is 30.6 Å². The Morgan fingerprint density at radius 2 is 1.83 bits per heavy atom. The summed E-state index contributed by atoms with van der Waals surface area (Å²) in [5, 5.41) is 7.17. The van der Waals surface area contributed by atoms with Gasteiger partial charge in [-0.3, -0.25) is 9.48 Å². The number of halogens is 3. The highest BCUT2D eigenvalue weighted by Gasteiger charge is 2.61. The van der Waals surface area contributed by atoms with E-state index in [9.17, 15) is 18.0 Å². The minimum absolute atomic E-state index is 0.0736. The van der Waals surface area contributed by atoms with Crippen molar-refractivity contribution in [2.45, 2.75) is 20.0 Å². The Balaban J connectivity index is 1.51. The summed E-state index contributed by atoms with van der Waals surface area (Å²) >= 11 is 0. The van der Waals surface area contributed by atoms with Gasteiger partial charge in [-0.1, -0.05) is 13.8 Å². The van der Waals surface area contributed by atoms with Crippen LogP contribution in [0.1, 0.15) is 13.8 Å². The second-order valence-corrected chi connectivity index (χ2v) is 8.40. The molecule has 0 spiro atoms. The van der Waals surface area contributed by atoms with Crippen molar-refractivity contribution < 1.29 is 18.0 Å². The van der Waals surface area contributed by atoms with Gasteiger partial charge in [-0.2, -0.15) is 23.3 Å². The van der Waals surface area contributed by atoms with E-state index in [0.29, 0.717) is 24.9 Å². The number of aromatic nitrogens is 4. The Morgan fingerprint density at radius 3 is 2.38 bits per heavy atom. The summed E-state index contributed by atoms with van der Waals surface area (Å²) < 4.78 is 40.2. The predicted octanol–water partition coefficient (Wildman–Crippen LogP) is 2.19. The summed E-state index contributed by atoms with van der Waals surface area (Å²) in [6.45, 7) is 5.04. The second kappa shape index (κ2) is 6.33. The summed E-state index contributed by atoms with van der Waals surface area (Å²) in [5.41, 5.74) is -0.172. The van der Waals surface area contributed by atoms with Gasteiger partial charge < -0.3 is 15.1 Å². The van der Waals surface area contributed by atoms with Gasteiger partial charge >= 0.3 is 12.1 Å². The molecule has 2 aliphatic heterocycles. The highest BCUT2D eigenvalue weighted by Crippen LogP contribution is 2.52. The molecular formula is C18H22F3N7O. The molecule has 4 rings (SSSR count). The fraction of sp³-hybridized carbons (Fsp3) is 0.556. The number of hydrogen-bond acceptors (Lipinski definition) is 6. The molecule has 2 aliphatic rings. The summed E-state index contributed by atoms with van der Waals surface area (Å²) in [6, 6.07) is 1.78. The lowest BCUT2D eigenvalue weighted by Gasteiger charge is -2.29. The number of anilines is 3. The van der Waals surface area contributed by atoms with Crippen molar-refractivity contribution in [3.05, 3.63) is 24.7 Å². The third kappa shape index (κ3) is 3.38. The predicted molar refractivity (Wildman–Crippen MR) is 99.6 cm³/mol. The second-order valence-electron chi connectivity index (χ2n) is 8.40. The van der Waals surface area contributed by atoms with Gasteiger partial charge in [0, 0.05) is 56.5 Å². The zero-order valence-corrected chi connectivity index (χ0v) is 16.4. The van der Waals surface area contributed by atoms with E-state index in [1.165, 1.54) is 0 Å². The van der Waals surface area contributed by atoms with Crippen LogP contribution >= 0.6 is 0 Å². The highest BCUT2D eigenvalue weighted by molar-refractivity contribution is 5.82. The van der Waals surface area contributed by atoms with Gasteiger partial charge in [0.2, 0.25) is 5.95 Å². The SMILES string of the molecule is Cn1cc(Nc2nccc(N3C[C@]4(C)CN(C(=O)C(F)(F)F)C[C@]4(C)C3)n2)cn1. The zero-order chi connectivity index (χ0) is 21.0. The molecule has 11 heteroatoms. The quantitative estimate of drug-likeness (QED) is 0.837. The Hall–Kier alpha value is -2.85. The van der Waals surface area contributed by atoms with Crippen LogP contribution in [0.15, 0.2) is 24.7 Å². The molecule has 1 N–H and O–H groups in total. The maximum absolute atomic E-state index is 12.9. The fourth-order valence-electron chi connectivity index (χ4n) is 4.35. The molecule has 2 atom stereocenters. The third-order valence-electron chi connectivity index (χ3n) is 6.07. The molecule has 0 unspecified atom stereocenters. The van der Waals surface area contributed by atoms with Crippen molar-refractivity contribution in [3.8, 4) is 0 Å². The first-order valence-corrected chi connectivity index (χ1v) is 9.19. The van der Waals surface area contributed by atoms with Crippen LogP contribution in [0.2, 0.25) is 0 Å². The maximum atomic E-state index is 12.9. The Bertz CT molecular complexity index is 926. The van der Waals surface area contributed by atoms with Crippen LogP contribution in [-0.2, 0) is 11.8 Å². The van der Waals surface area contributed by atoms with E-state index in [1.807, 2.05) is 18.7 Å². The van der Waals surface area contributed by atoms with E-state index >= 15 is 0 Å². The van der Waals surface area contributed by atoms with Gasteiger partial charge in [0.25, 0.3) is 0 Å². The van der Waals surface area contributed by atoms with Gasteiger partial charge in [0.05, 0.1) is 11.9 Å². The minimum atomic E-state index is -4.84. The summed E-state index contributed by atoms with van der Waals surface area (Å²) in [4.78, 5) is 23.5. The van der Waals surface area contributed by atoms with Gasteiger partial charge in [0.15, 0.2) is 0 Å². The van der Waals surface area contributed by atoms with E-state index in [1.54, 1.807) is 36.4 Å². The monoisotopic (exact) mass is 409 g/mol. The number of rotatable bonds is 3. The number of likely N-dealkylation sites (tertiary alicyclic amines) is 1. The van der Waals surface area contributed by atoms with Gasteiger partial charge in [-0.25, -0.2) is 4.98 Å². The molecule has 8 nitrogen and oxygen atoms in total. The molecule has 2 aromatic rings. The van der Waals surface area contributed by atoms with Crippen LogP contribution in [0, 0.1) is 10.8 Å². The number of fused-ring (bicyclic) bond motifs is 1. The zero-order valence-electron chi connectivity index (χ0n) is 16.4. The summed E-state index contributed by atoms with van der Waals surface area (Å²) in [5.74, 6) is -0.653. The number of carbonyl (C=O) groups excluding carboxylic acids is 1. The highest BCUT2D eigenvalue weighted by atomic mass is 19.4. The topological polar surface area (TPSA) is 79.2 Å². The van der Waals surface area contributed by atoms with E-state index < -0.39 is 22.9 Å². The van der Waals surface area contributed by atoms with Crippen molar-refractivity contribution in [1.29, 1.82) is 0 Å². The lowest BCUT2D eigenvalue weighted by Crippen LogP contribution is -2.42. The van der Waals surface area contributed by atoms with Crippen molar-refractivity contribution in [1.82, 2.24) is 24.6 Å². The van der Waals surface area contributed by atoms with Crippen LogP contribution < -0.4 is 10.2 Å². The van der Waals surface area contributed by atoms with Crippen molar-refractivity contribution in [2.24, 2.45) is 17.9 Å². The molecule has 2 saturated heterocycles. The molecule has 0 radical (unpaired) electrons. The lowest BCUT2D eigenvalue weighted by atomic mass is 9.71. The molecule has 29 heavy (non-hydrogen) atoms. The van der Waals surface area contributed by atoms with Gasteiger partial charge in [-0.15, -0.1) is 0 Å². The Labute approximate surface area is 165 Å². The van der Waals surface area contributed by atoms with E-state index in [4.69, 9.17) is 0 Å². The maximum Gasteiger partial charge on any atom is 0.471 e. The third-order valence-corrected chi connectivity index (χ3v) is 6.07. The first-order valence-electron chi connectivity index (χ1n) is 9.19. The number of nitrogens with zero attached hydrogens (tertiary/aromatic N) is 6. The van der Waals surface area contributed by atoms with E-state index in [0.717, 1.165) is 10.6 Å². The standard InChI is InChI=1S/C18H22F3N7O/c1-16-8-27(9-17(16,2)11-28(10-16)14(29)18(19,20)21)13-4-5-22-15(25-13)24-12-6-23-26(3)7-12/h4-7H,8-11H2,1-3H3,(H,22,24,25)/t16-,17+. The van der Waals surface area contributed by atoms with Crippen molar-refractivity contribution >= 4 is 23.4 Å². The van der Waals surface area contributed by atoms with Crippen molar-refractivity contribution in [3.63, 3.8) is 0 Å². The smallest absolute Gasteiger partial charge is 0.355 e. The van der Waals surface area contributed by atoms with Crippen LogP contribution in [-0.4, -0.2) is 62.9 Å². The van der Waals surface area contributed by atoms with Gasteiger partial charge in [-0.05, 0) is 6.07 Å². The Morgan fingerprint density at radius 1 is 1.17 bits per heavy atom. The number of hydrogen-bond donors (Lipinski definition) is 1. The summed E-state index contributed by atoms with van der Waals surface area (Å²) in [6.07, 6.45) is 0.249. The molecule has 1 amide bonds. The van der Waals surface area contributed by atoms with E-state index in [-0.39, 0.29) is 13.1 Å². The molecule has 0 saturated carbocycles. The molecule has 0 aliphatic carbocycles. The Kier molecular flexibility index (Phi) is 4.25. The number of aryl methyl sites for hydroxylation is 1. The number of carbonyl (C=O) groups is 1. The molecule has 2 fully saturated rings. The van der Waals surface area contributed by atoms with Crippen LogP contribution in [0.5, 0.6) is 0 Å². The molecular weight excluding hydrogens is 387 g/mol. The largest absolute Gasteiger partial charge is 0.471 e. The molecule has 156 valence electrons. The van der Waals surface area contributed by atoms with Crippen LogP contribution in [0.25, 0.3) is 0 Å². The number of alkyl halides is 3. The fourth-order valence-corrected chi connectivity index (χ4v) is 4.35. The average molecular weight is 409 g/mol. The molecule has 4 heterocycles. The average Bonchev–Trinajstić information content (AvgIpc) is 3.21. The number of amides is 1. The normalized spacial score (nSPS) is 26.7. The van der Waals surface area contributed by atoms with E-state index in [2.05, 4.69) is 20.4 Å². The van der Waals surface area contributed by atoms with Crippen molar-refractivity contribution in [2.75, 3.05) is 36.4 Å². The minimum Gasteiger partial charge on any atom is -0.355 e. The first kappa shape index (κ1) is 19.5. The molecule has 2 aromatic heterocycles. The summed E-state index contributed by atoms with van der Waals surface area (Å²) in [7, 11) is 1.81. The lowest BCUT2D eigenvalue weighted by molar-refractivity contribution is -0.184. The first-order chi connectivity index (χ1) is 13.5.